The molecule has 0 bridgehead atoms. The fourth-order valence-corrected chi connectivity index (χ4v) is 2.38. The average Bonchev–Trinajstić information content (AvgIpc) is 2.17. The SMILES string of the molecule is C/C=C/C1CCCCC1CCC=O. The van der Waals surface area contributed by atoms with Crippen molar-refractivity contribution in [2.24, 2.45) is 11.8 Å². The summed E-state index contributed by atoms with van der Waals surface area (Å²) in [7, 11) is 0. The van der Waals surface area contributed by atoms with Gasteiger partial charge >= 0.3 is 0 Å². The van der Waals surface area contributed by atoms with Crippen LogP contribution >= 0.6 is 0 Å². The summed E-state index contributed by atoms with van der Waals surface area (Å²) in [6, 6.07) is 0. The second-order valence-corrected chi connectivity index (χ2v) is 3.98. The van der Waals surface area contributed by atoms with Gasteiger partial charge in [-0.05, 0) is 38.0 Å². The van der Waals surface area contributed by atoms with E-state index in [0.717, 1.165) is 31.0 Å². The number of carbonyl (C=O) groups excluding carboxylic acids is 1. The van der Waals surface area contributed by atoms with Gasteiger partial charge in [-0.1, -0.05) is 25.0 Å². The van der Waals surface area contributed by atoms with Crippen molar-refractivity contribution in [1.82, 2.24) is 0 Å². The number of hydrogen-bond acceptors (Lipinski definition) is 1. The summed E-state index contributed by atoms with van der Waals surface area (Å²) in [5, 5.41) is 0. The third-order valence-electron chi connectivity index (χ3n) is 3.06. The number of allylic oxidation sites excluding steroid dienone is 2. The molecule has 1 saturated carbocycles. The molecule has 0 spiro atoms. The molecule has 74 valence electrons. The van der Waals surface area contributed by atoms with Gasteiger partial charge in [-0.2, -0.15) is 0 Å². The van der Waals surface area contributed by atoms with Gasteiger partial charge in [0.1, 0.15) is 6.29 Å². The largest absolute Gasteiger partial charge is 0.303 e. The quantitative estimate of drug-likeness (QED) is 0.479. The molecule has 0 aromatic carbocycles. The van der Waals surface area contributed by atoms with Crippen LogP contribution in [0.25, 0.3) is 0 Å². The van der Waals surface area contributed by atoms with Crippen LogP contribution in [-0.4, -0.2) is 6.29 Å². The Morgan fingerprint density at radius 1 is 1.31 bits per heavy atom. The van der Waals surface area contributed by atoms with E-state index in [9.17, 15) is 4.79 Å². The molecule has 2 atom stereocenters. The normalized spacial score (nSPS) is 29.3. The Morgan fingerprint density at radius 3 is 2.77 bits per heavy atom. The average molecular weight is 180 g/mol. The molecule has 0 amide bonds. The summed E-state index contributed by atoms with van der Waals surface area (Å²) >= 11 is 0. The molecule has 0 radical (unpaired) electrons. The molecule has 0 saturated heterocycles. The lowest BCUT2D eigenvalue weighted by atomic mass is 9.77. The van der Waals surface area contributed by atoms with Crippen LogP contribution in [0.15, 0.2) is 12.2 Å². The topological polar surface area (TPSA) is 17.1 Å². The molecule has 0 aliphatic heterocycles. The van der Waals surface area contributed by atoms with E-state index in [4.69, 9.17) is 0 Å². The number of aldehydes is 1. The van der Waals surface area contributed by atoms with Gasteiger partial charge in [0.25, 0.3) is 0 Å². The van der Waals surface area contributed by atoms with Crippen LogP contribution in [0, 0.1) is 11.8 Å². The molecule has 0 aromatic rings. The highest BCUT2D eigenvalue weighted by molar-refractivity contribution is 5.49. The molecule has 1 fully saturated rings. The molecular formula is C12H20O. The summed E-state index contributed by atoms with van der Waals surface area (Å²) in [6.45, 7) is 2.09. The van der Waals surface area contributed by atoms with Crippen LogP contribution in [0.3, 0.4) is 0 Å². The molecule has 1 rings (SSSR count). The van der Waals surface area contributed by atoms with Crippen molar-refractivity contribution in [2.75, 3.05) is 0 Å². The van der Waals surface area contributed by atoms with Gasteiger partial charge in [0, 0.05) is 6.42 Å². The van der Waals surface area contributed by atoms with Crippen LogP contribution < -0.4 is 0 Å². The second-order valence-electron chi connectivity index (χ2n) is 3.98. The Balaban J connectivity index is 2.41. The highest BCUT2D eigenvalue weighted by atomic mass is 16.1. The van der Waals surface area contributed by atoms with E-state index in [1.165, 1.54) is 25.7 Å². The predicted octanol–water partition coefficient (Wildman–Crippen LogP) is 3.35. The maximum atomic E-state index is 10.3. The van der Waals surface area contributed by atoms with E-state index < -0.39 is 0 Å². The summed E-state index contributed by atoms with van der Waals surface area (Å²) < 4.78 is 0. The van der Waals surface area contributed by atoms with Crippen molar-refractivity contribution in [1.29, 1.82) is 0 Å². The predicted molar refractivity (Wildman–Crippen MR) is 55.6 cm³/mol. The summed E-state index contributed by atoms with van der Waals surface area (Å²) in [6.07, 6.45) is 12.8. The lowest BCUT2D eigenvalue weighted by Crippen LogP contribution is -2.17. The molecule has 1 aliphatic rings. The van der Waals surface area contributed by atoms with E-state index in [2.05, 4.69) is 19.1 Å². The zero-order valence-corrected chi connectivity index (χ0v) is 8.54. The third-order valence-corrected chi connectivity index (χ3v) is 3.06. The highest BCUT2D eigenvalue weighted by Gasteiger charge is 2.21. The third kappa shape index (κ3) is 3.33. The molecule has 13 heavy (non-hydrogen) atoms. The van der Waals surface area contributed by atoms with E-state index in [1.807, 2.05) is 0 Å². The van der Waals surface area contributed by atoms with Crippen molar-refractivity contribution in [3.8, 4) is 0 Å². The minimum absolute atomic E-state index is 0.749. The van der Waals surface area contributed by atoms with Gasteiger partial charge in [-0.25, -0.2) is 0 Å². The fraction of sp³-hybridized carbons (Fsp3) is 0.750. The summed E-state index contributed by atoms with van der Waals surface area (Å²) in [5.41, 5.74) is 0. The first-order valence-corrected chi connectivity index (χ1v) is 5.45. The molecular weight excluding hydrogens is 160 g/mol. The molecule has 1 heteroatoms. The van der Waals surface area contributed by atoms with Crippen molar-refractivity contribution < 1.29 is 4.79 Å². The number of hydrogen-bond donors (Lipinski definition) is 0. The molecule has 0 N–H and O–H groups in total. The van der Waals surface area contributed by atoms with Crippen molar-refractivity contribution in [2.45, 2.75) is 45.4 Å². The molecule has 2 unspecified atom stereocenters. The Hall–Kier alpha value is -0.590. The second kappa shape index (κ2) is 5.95. The fourth-order valence-electron chi connectivity index (χ4n) is 2.38. The van der Waals surface area contributed by atoms with Gasteiger partial charge in [-0.3, -0.25) is 0 Å². The summed E-state index contributed by atoms with van der Waals surface area (Å²) in [4.78, 5) is 10.3. The molecule has 1 nitrogen and oxygen atoms in total. The zero-order chi connectivity index (χ0) is 9.52. The molecule has 0 heterocycles. The van der Waals surface area contributed by atoms with E-state index in [0.29, 0.717) is 0 Å². The minimum Gasteiger partial charge on any atom is -0.303 e. The first-order valence-electron chi connectivity index (χ1n) is 5.45. The van der Waals surface area contributed by atoms with Crippen LogP contribution in [0.1, 0.15) is 45.4 Å². The molecule has 1 aliphatic carbocycles. The van der Waals surface area contributed by atoms with E-state index >= 15 is 0 Å². The number of carbonyl (C=O) groups is 1. The smallest absolute Gasteiger partial charge is 0.120 e. The van der Waals surface area contributed by atoms with E-state index in [-0.39, 0.29) is 0 Å². The monoisotopic (exact) mass is 180 g/mol. The van der Waals surface area contributed by atoms with Gasteiger partial charge < -0.3 is 4.79 Å². The maximum Gasteiger partial charge on any atom is 0.120 e. The standard InChI is InChI=1S/C12H20O/c1-2-6-11-7-3-4-8-12(11)9-5-10-13/h2,6,10-12H,3-5,7-9H2,1H3/b6-2+. The number of rotatable bonds is 4. The minimum atomic E-state index is 0.749. The Kier molecular flexibility index (Phi) is 4.81. The Morgan fingerprint density at radius 2 is 2.08 bits per heavy atom. The van der Waals surface area contributed by atoms with Crippen LogP contribution in [-0.2, 0) is 4.79 Å². The van der Waals surface area contributed by atoms with Gasteiger partial charge in [0.2, 0.25) is 0 Å². The van der Waals surface area contributed by atoms with Crippen molar-refractivity contribution in [3.63, 3.8) is 0 Å². The van der Waals surface area contributed by atoms with Crippen molar-refractivity contribution >= 4 is 6.29 Å². The lowest BCUT2D eigenvalue weighted by Gasteiger charge is -2.28. The summed E-state index contributed by atoms with van der Waals surface area (Å²) in [5.74, 6) is 1.52. The highest BCUT2D eigenvalue weighted by Crippen LogP contribution is 2.33. The van der Waals surface area contributed by atoms with Crippen LogP contribution in [0.2, 0.25) is 0 Å². The molecule has 0 aromatic heterocycles. The van der Waals surface area contributed by atoms with Crippen molar-refractivity contribution in [3.05, 3.63) is 12.2 Å². The first kappa shape index (κ1) is 10.5. The Labute approximate surface area is 81.2 Å². The van der Waals surface area contributed by atoms with Gasteiger partial charge in [0.05, 0.1) is 0 Å². The van der Waals surface area contributed by atoms with Crippen LogP contribution in [0.5, 0.6) is 0 Å². The van der Waals surface area contributed by atoms with E-state index in [1.54, 1.807) is 0 Å². The van der Waals surface area contributed by atoms with Crippen LogP contribution in [0.4, 0.5) is 0 Å². The first-order chi connectivity index (χ1) is 6.38. The lowest BCUT2D eigenvalue weighted by molar-refractivity contribution is -0.108. The zero-order valence-electron chi connectivity index (χ0n) is 8.54. The van der Waals surface area contributed by atoms with Gasteiger partial charge in [-0.15, -0.1) is 0 Å². The Bertz CT molecular complexity index is 172. The maximum absolute atomic E-state index is 10.3. The van der Waals surface area contributed by atoms with Gasteiger partial charge in [0.15, 0.2) is 0 Å².